The quantitative estimate of drug-likeness (QED) is 0.0753. The first kappa shape index (κ1) is 50.5. The number of hydrogen-bond acceptors (Lipinski definition) is 9. The molecule has 4 amide bonds. The highest BCUT2D eigenvalue weighted by Gasteiger charge is 2.42. The highest BCUT2D eigenvalue weighted by atomic mass is 16.2. The number of nitrogens with zero attached hydrogens (tertiary/aromatic N) is 4. The molecular formula is C55H85N9O4. The van der Waals surface area contributed by atoms with Crippen molar-refractivity contribution in [1.82, 2.24) is 40.9 Å². The maximum atomic E-state index is 14.8. The van der Waals surface area contributed by atoms with Crippen LogP contribution >= 0.6 is 0 Å². The van der Waals surface area contributed by atoms with E-state index in [9.17, 15) is 19.2 Å². The Balaban J connectivity index is 0.979. The van der Waals surface area contributed by atoms with Crippen LogP contribution in [0, 0.1) is 11.8 Å². The highest BCUT2D eigenvalue weighted by molar-refractivity contribution is 5.91. The van der Waals surface area contributed by atoms with Gasteiger partial charge < -0.3 is 31.5 Å². The lowest BCUT2D eigenvalue weighted by atomic mass is 9.83. The summed E-state index contributed by atoms with van der Waals surface area (Å²) in [5.41, 5.74) is 11.9. The topological polar surface area (TPSA) is 155 Å². The lowest BCUT2D eigenvalue weighted by Gasteiger charge is -2.39. The summed E-state index contributed by atoms with van der Waals surface area (Å²) in [5, 5.41) is 12.3. The average molecular weight is 936 g/mol. The highest BCUT2D eigenvalue weighted by Crippen LogP contribution is 2.40. The largest absolute Gasteiger partial charge is 0.343 e. The SMILES string of the molecule is CN[C@@H](C)C(=O)N[C@H](C(=O)N1CCC[C@H]1CN(CCCCN(C[C@@H]1CCCN1C(=O)[C@H](NC(=O)[C@H](N)NC)C1CCCCC1)C1CCc2ccccc21)C1CCc2ccccc21)C1CCCCC1. The molecule has 8 rings (SSSR count). The van der Waals surface area contributed by atoms with Crippen molar-refractivity contribution in [3.05, 3.63) is 70.8 Å². The van der Waals surface area contributed by atoms with Gasteiger partial charge in [-0.2, -0.15) is 0 Å². The lowest BCUT2D eigenvalue weighted by Crippen LogP contribution is -2.59. The summed E-state index contributed by atoms with van der Waals surface area (Å²) < 4.78 is 0. The van der Waals surface area contributed by atoms with Gasteiger partial charge in [0.25, 0.3) is 5.91 Å². The monoisotopic (exact) mass is 936 g/mol. The lowest BCUT2D eigenvalue weighted by molar-refractivity contribution is -0.140. The van der Waals surface area contributed by atoms with E-state index < -0.39 is 18.2 Å². The van der Waals surface area contributed by atoms with Crippen molar-refractivity contribution in [2.45, 2.75) is 184 Å². The van der Waals surface area contributed by atoms with Crippen LogP contribution in [0.2, 0.25) is 0 Å². The molecule has 4 aliphatic carbocycles. The predicted octanol–water partition coefficient (Wildman–Crippen LogP) is 5.97. The van der Waals surface area contributed by atoms with Crippen LogP contribution < -0.4 is 27.0 Å². The predicted molar refractivity (Wildman–Crippen MR) is 269 cm³/mol. The minimum Gasteiger partial charge on any atom is -0.343 e. The van der Waals surface area contributed by atoms with E-state index in [0.29, 0.717) is 12.1 Å². The van der Waals surface area contributed by atoms with Crippen molar-refractivity contribution in [1.29, 1.82) is 0 Å². The minimum absolute atomic E-state index is 0.0646. The number of nitrogens with one attached hydrogen (secondary N) is 4. The fourth-order valence-corrected chi connectivity index (χ4v) is 13.2. The summed E-state index contributed by atoms with van der Waals surface area (Å²) in [6, 6.07) is 17.3. The molecule has 2 aliphatic heterocycles. The molecule has 6 aliphatic rings. The minimum atomic E-state index is -0.856. The molecule has 2 saturated carbocycles. The van der Waals surface area contributed by atoms with Crippen LogP contribution in [0.15, 0.2) is 48.5 Å². The van der Waals surface area contributed by atoms with Gasteiger partial charge >= 0.3 is 0 Å². The maximum absolute atomic E-state index is 14.8. The summed E-state index contributed by atoms with van der Waals surface area (Å²) in [7, 11) is 3.47. The second kappa shape index (κ2) is 24.3. The van der Waals surface area contributed by atoms with Gasteiger partial charge in [-0.15, -0.1) is 0 Å². The molecule has 2 aromatic carbocycles. The second-order valence-corrected chi connectivity index (χ2v) is 21.4. The number of fused-ring (bicyclic) bond motifs is 2. The molecule has 0 aromatic heterocycles. The van der Waals surface area contributed by atoms with Gasteiger partial charge in [0.15, 0.2) is 0 Å². The van der Waals surface area contributed by atoms with Gasteiger partial charge in [-0.3, -0.25) is 34.3 Å². The molecule has 13 heteroatoms. The first-order chi connectivity index (χ1) is 33.1. The summed E-state index contributed by atoms with van der Waals surface area (Å²) in [5.74, 6) is 0.0678. The Morgan fingerprint density at radius 3 is 1.47 bits per heavy atom. The van der Waals surface area contributed by atoms with E-state index in [0.717, 1.165) is 155 Å². The Bertz CT molecular complexity index is 1850. The van der Waals surface area contributed by atoms with E-state index in [1.807, 2.05) is 6.92 Å². The van der Waals surface area contributed by atoms with Crippen LogP contribution in [-0.4, -0.2) is 133 Å². The van der Waals surface area contributed by atoms with Crippen molar-refractivity contribution in [2.75, 3.05) is 53.4 Å². The Morgan fingerprint density at radius 2 is 1.03 bits per heavy atom. The summed E-state index contributed by atoms with van der Waals surface area (Å²) in [6.45, 7) is 6.86. The third kappa shape index (κ3) is 12.0. The van der Waals surface area contributed by atoms with E-state index in [2.05, 4.69) is 89.4 Å². The number of likely N-dealkylation sites (tertiary alicyclic amines) is 2. The van der Waals surface area contributed by atoms with Crippen LogP contribution in [0.25, 0.3) is 0 Å². The normalized spacial score (nSPS) is 25.0. The maximum Gasteiger partial charge on any atom is 0.252 e. The first-order valence-corrected chi connectivity index (χ1v) is 27.1. The van der Waals surface area contributed by atoms with Crippen molar-refractivity contribution in [3.8, 4) is 0 Å². The smallest absolute Gasteiger partial charge is 0.252 e. The van der Waals surface area contributed by atoms with Crippen LogP contribution in [0.1, 0.15) is 157 Å². The molecule has 8 atom stereocenters. The molecule has 4 fully saturated rings. The molecule has 0 bridgehead atoms. The van der Waals surface area contributed by atoms with Gasteiger partial charge in [0, 0.05) is 50.3 Å². The van der Waals surface area contributed by atoms with Gasteiger partial charge in [0.2, 0.25) is 17.7 Å². The van der Waals surface area contributed by atoms with Crippen LogP contribution in [0.5, 0.6) is 0 Å². The van der Waals surface area contributed by atoms with E-state index in [1.54, 1.807) is 14.1 Å². The zero-order chi connectivity index (χ0) is 47.6. The van der Waals surface area contributed by atoms with Crippen molar-refractivity contribution < 1.29 is 19.2 Å². The second-order valence-electron chi connectivity index (χ2n) is 21.4. The molecule has 6 N–H and O–H groups in total. The molecule has 2 heterocycles. The fraction of sp³-hybridized carbons (Fsp3) is 0.709. The number of unbranched alkanes of at least 4 members (excludes halogenated alkanes) is 1. The number of hydrogen-bond donors (Lipinski definition) is 5. The summed E-state index contributed by atoms with van der Waals surface area (Å²) in [4.78, 5) is 65.8. The van der Waals surface area contributed by atoms with Gasteiger partial charge in [0.1, 0.15) is 18.2 Å². The molecule has 0 spiro atoms. The molecule has 2 unspecified atom stereocenters. The van der Waals surface area contributed by atoms with Gasteiger partial charge in [-0.1, -0.05) is 87.1 Å². The fourth-order valence-electron chi connectivity index (χ4n) is 13.2. The van der Waals surface area contributed by atoms with Gasteiger partial charge in [-0.05, 0) is 158 Å². The number of aryl methyl sites for hydroxylation is 2. The first-order valence-electron chi connectivity index (χ1n) is 27.1. The molecule has 68 heavy (non-hydrogen) atoms. The van der Waals surface area contributed by atoms with Crippen LogP contribution in [0.3, 0.4) is 0 Å². The molecule has 2 aromatic rings. The Hall–Kier alpha value is -3.88. The Morgan fingerprint density at radius 1 is 0.588 bits per heavy atom. The van der Waals surface area contributed by atoms with Gasteiger partial charge in [0.05, 0.1) is 6.04 Å². The third-order valence-corrected chi connectivity index (χ3v) is 17.2. The van der Waals surface area contributed by atoms with E-state index >= 15 is 0 Å². The number of likely N-dealkylation sites (N-methyl/N-ethyl adjacent to an activating group) is 2. The molecule has 2 saturated heterocycles. The summed E-state index contributed by atoms with van der Waals surface area (Å²) >= 11 is 0. The molecular weight excluding hydrogens is 851 g/mol. The molecule has 13 nitrogen and oxygen atoms in total. The number of amides is 4. The number of carbonyl (C=O) groups excluding carboxylic acids is 4. The Kier molecular flexibility index (Phi) is 18.0. The average Bonchev–Trinajstić information content (AvgIpc) is 4.22. The van der Waals surface area contributed by atoms with E-state index in [1.165, 1.54) is 35.1 Å². The third-order valence-electron chi connectivity index (χ3n) is 17.2. The number of carbonyl (C=O) groups is 4. The van der Waals surface area contributed by atoms with E-state index in [4.69, 9.17) is 5.73 Å². The molecule has 374 valence electrons. The van der Waals surface area contributed by atoms with Crippen molar-refractivity contribution in [2.24, 2.45) is 17.6 Å². The van der Waals surface area contributed by atoms with Crippen LogP contribution in [-0.2, 0) is 32.0 Å². The van der Waals surface area contributed by atoms with Crippen LogP contribution in [0.4, 0.5) is 0 Å². The number of nitrogens with two attached hydrogens (primary N) is 1. The number of rotatable bonds is 21. The standard InChI is InChI=1S/C55H85N9O4/c1-38(57-2)52(65)59-49(41-20-6-4-7-21-41)54(67)63-34-16-24-43(63)36-61(47-30-28-39-18-10-12-26-45(39)47)32-14-15-33-62(48-31-29-40-19-11-13-27-46(40)48)37-44-25-17-35-64(44)55(68)50(42-22-8-5-9-23-42)60-53(66)51(56)58-3/h10-13,18-19,26-27,38,41-44,47-51,57-58H,4-9,14-17,20-25,28-37,56H2,1-3H3,(H,59,65)(H,60,66)/t38-,43-,44-,47?,48?,49-,50+,51+/m0/s1. The van der Waals surface area contributed by atoms with Gasteiger partial charge in [-0.25, -0.2) is 0 Å². The van der Waals surface area contributed by atoms with E-state index in [-0.39, 0.29) is 53.6 Å². The van der Waals surface area contributed by atoms with Crippen molar-refractivity contribution >= 4 is 23.6 Å². The summed E-state index contributed by atoms with van der Waals surface area (Å²) in [6.07, 6.45) is 20.0. The zero-order valence-electron chi connectivity index (χ0n) is 41.8. The number of benzene rings is 2. The zero-order valence-corrected chi connectivity index (χ0v) is 41.8. The molecule has 0 radical (unpaired) electrons. The van der Waals surface area contributed by atoms with Crippen molar-refractivity contribution in [3.63, 3.8) is 0 Å². The Labute approximate surface area is 407 Å².